The minimum atomic E-state index is -4.74. The predicted octanol–water partition coefficient (Wildman–Crippen LogP) is 3.89. The van der Waals surface area contributed by atoms with Crippen molar-refractivity contribution in [2.45, 2.75) is 45.6 Å². The Morgan fingerprint density at radius 1 is 1.25 bits per heavy atom. The summed E-state index contributed by atoms with van der Waals surface area (Å²) in [4.78, 5) is 24.0. The second-order valence-corrected chi connectivity index (χ2v) is 9.28. The van der Waals surface area contributed by atoms with E-state index in [2.05, 4.69) is 9.97 Å². The number of ketones is 1. The number of hydrogen-bond acceptors (Lipinski definition) is 6. The Morgan fingerprint density at radius 2 is 2.03 bits per heavy atom. The number of piperidine rings is 1. The zero-order valence-corrected chi connectivity index (χ0v) is 20.2. The zero-order valence-electron chi connectivity index (χ0n) is 20.2. The van der Waals surface area contributed by atoms with E-state index in [1.807, 2.05) is 33.6 Å². The number of aliphatic hydroxyl groups is 1. The molecule has 1 aliphatic heterocycles. The summed E-state index contributed by atoms with van der Waals surface area (Å²) in [6, 6.07) is 4.82. The van der Waals surface area contributed by atoms with E-state index in [4.69, 9.17) is 0 Å². The molecule has 2 aromatic heterocycles. The van der Waals surface area contributed by atoms with Crippen molar-refractivity contribution in [1.29, 1.82) is 0 Å². The highest BCUT2D eigenvalue weighted by atomic mass is 19.4. The molecule has 11 heteroatoms. The molecular formula is C25H29F4N5O2. The highest BCUT2D eigenvalue weighted by Gasteiger charge is 2.34. The molecule has 2 atom stereocenters. The number of aromatic nitrogens is 3. The van der Waals surface area contributed by atoms with Crippen LogP contribution in [-0.4, -0.2) is 62.6 Å². The number of alkyl halides is 3. The molecule has 3 aromatic rings. The largest absolute Gasteiger partial charge is 0.419 e. The smallest absolute Gasteiger partial charge is 0.391 e. The summed E-state index contributed by atoms with van der Waals surface area (Å²) < 4.78 is 54.8. The number of benzene rings is 1. The zero-order chi connectivity index (χ0) is 26.0. The first-order valence-electron chi connectivity index (χ1n) is 11.9. The molecule has 194 valence electrons. The molecule has 1 aromatic carbocycles. The summed E-state index contributed by atoms with van der Waals surface area (Å²) in [5.74, 6) is -0.637. The average molecular weight is 508 g/mol. The van der Waals surface area contributed by atoms with E-state index in [-0.39, 0.29) is 18.2 Å². The fourth-order valence-corrected chi connectivity index (χ4v) is 4.80. The second-order valence-electron chi connectivity index (χ2n) is 9.28. The van der Waals surface area contributed by atoms with Crippen LogP contribution in [-0.2, 0) is 24.1 Å². The van der Waals surface area contributed by atoms with Crippen LogP contribution >= 0.6 is 0 Å². The number of halogens is 4. The van der Waals surface area contributed by atoms with E-state index in [1.54, 1.807) is 0 Å². The van der Waals surface area contributed by atoms with Gasteiger partial charge in [0.1, 0.15) is 29.4 Å². The van der Waals surface area contributed by atoms with Crippen LogP contribution in [0.2, 0.25) is 0 Å². The van der Waals surface area contributed by atoms with Crippen molar-refractivity contribution < 1.29 is 27.5 Å². The van der Waals surface area contributed by atoms with Crippen molar-refractivity contribution in [3.8, 4) is 0 Å². The Kier molecular flexibility index (Phi) is 7.60. The molecule has 0 aliphatic carbocycles. The van der Waals surface area contributed by atoms with E-state index in [0.29, 0.717) is 43.2 Å². The number of nitrogens with zero attached hydrogens (tertiary/aromatic N) is 5. The van der Waals surface area contributed by atoms with Crippen molar-refractivity contribution in [1.82, 2.24) is 19.4 Å². The first-order valence-corrected chi connectivity index (χ1v) is 11.9. The molecule has 0 bridgehead atoms. The maximum Gasteiger partial charge on any atom is 0.419 e. The van der Waals surface area contributed by atoms with Crippen LogP contribution in [0.15, 0.2) is 36.8 Å². The number of aliphatic hydroxyl groups excluding tert-OH is 1. The average Bonchev–Trinajstić information content (AvgIpc) is 3.21. The summed E-state index contributed by atoms with van der Waals surface area (Å²) in [6.07, 6.45) is -1.27. The van der Waals surface area contributed by atoms with Gasteiger partial charge in [0.05, 0.1) is 23.6 Å². The number of hydrogen-bond donors (Lipinski definition) is 1. The first kappa shape index (κ1) is 26.0. The van der Waals surface area contributed by atoms with E-state index in [9.17, 15) is 27.5 Å². The second kappa shape index (κ2) is 10.5. The third-order valence-electron chi connectivity index (χ3n) is 6.61. The molecule has 0 saturated carbocycles. The molecule has 0 amide bonds. The third-order valence-corrected chi connectivity index (χ3v) is 6.61. The Hall–Kier alpha value is -3.05. The van der Waals surface area contributed by atoms with Gasteiger partial charge in [-0.1, -0.05) is 6.07 Å². The molecule has 4 rings (SSSR count). The molecule has 1 aliphatic rings. The summed E-state index contributed by atoms with van der Waals surface area (Å²) in [6.45, 7) is 6.15. The van der Waals surface area contributed by atoms with Gasteiger partial charge >= 0.3 is 6.18 Å². The van der Waals surface area contributed by atoms with Gasteiger partial charge in [0.2, 0.25) is 0 Å². The fraction of sp³-hybridized carbons (Fsp3) is 0.480. The van der Waals surface area contributed by atoms with Gasteiger partial charge in [-0.2, -0.15) is 13.2 Å². The van der Waals surface area contributed by atoms with E-state index < -0.39 is 23.7 Å². The van der Waals surface area contributed by atoms with Gasteiger partial charge in [-0.25, -0.2) is 14.4 Å². The molecule has 0 radical (unpaired) electrons. The van der Waals surface area contributed by atoms with Gasteiger partial charge in [0.25, 0.3) is 0 Å². The highest BCUT2D eigenvalue weighted by molar-refractivity contribution is 5.87. The Labute approximate surface area is 206 Å². The van der Waals surface area contributed by atoms with Crippen LogP contribution in [0, 0.1) is 11.7 Å². The monoisotopic (exact) mass is 507 g/mol. The van der Waals surface area contributed by atoms with Gasteiger partial charge in [0.15, 0.2) is 0 Å². The lowest BCUT2D eigenvalue weighted by atomic mass is 9.93. The van der Waals surface area contributed by atoms with Gasteiger partial charge in [-0.05, 0) is 50.6 Å². The Morgan fingerprint density at radius 3 is 2.67 bits per heavy atom. The summed E-state index contributed by atoms with van der Waals surface area (Å²) in [7, 11) is 0. The molecule has 1 saturated heterocycles. The number of carbonyl (C=O) groups excluding carboxylic acids is 1. The number of likely N-dealkylation sites (tertiary alicyclic amines) is 1. The van der Waals surface area contributed by atoms with Crippen LogP contribution in [0.3, 0.4) is 0 Å². The molecule has 0 spiro atoms. The first-order chi connectivity index (χ1) is 17.1. The number of β-amino-alcohol motifs (C(OH)–C–C–N with tert-alkyl or cyclic N) is 1. The van der Waals surface area contributed by atoms with Crippen LogP contribution in [0.5, 0.6) is 0 Å². The highest BCUT2D eigenvalue weighted by Crippen LogP contribution is 2.32. The number of fused-ring (bicyclic) bond motifs is 1. The van der Waals surface area contributed by atoms with Crippen molar-refractivity contribution in [3.05, 3.63) is 53.7 Å². The SMILES string of the molecule is CCN(Cc1ccc(C(F)(F)F)c(F)c1)c1ncnc2c1ccn2CC1CCN(CC(C)=O)C[C@@H]1O. The fourth-order valence-electron chi connectivity index (χ4n) is 4.80. The molecule has 3 heterocycles. The maximum absolute atomic E-state index is 14.1. The number of rotatable bonds is 8. The molecule has 1 fully saturated rings. The summed E-state index contributed by atoms with van der Waals surface area (Å²) in [5.41, 5.74) is -0.213. The Bertz CT molecular complexity index is 1230. The van der Waals surface area contributed by atoms with Gasteiger partial charge in [0, 0.05) is 38.3 Å². The van der Waals surface area contributed by atoms with E-state index >= 15 is 0 Å². The minimum absolute atomic E-state index is 0.000348. The summed E-state index contributed by atoms with van der Waals surface area (Å²) >= 11 is 0. The topological polar surface area (TPSA) is 74.5 Å². The maximum atomic E-state index is 14.1. The third kappa shape index (κ3) is 5.67. The molecule has 36 heavy (non-hydrogen) atoms. The number of anilines is 1. The van der Waals surface area contributed by atoms with E-state index in [0.717, 1.165) is 30.5 Å². The summed E-state index contributed by atoms with van der Waals surface area (Å²) in [5, 5.41) is 11.4. The lowest BCUT2D eigenvalue weighted by Gasteiger charge is -2.35. The van der Waals surface area contributed by atoms with Crippen molar-refractivity contribution >= 4 is 22.6 Å². The molecule has 1 unspecified atom stereocenters. The van der Waals surface area contributed by atoms with Gasteiger partial charge in [-0.15, -0.1) is 0 Å². The van der Waals surface area contributed by atoms with Crippen LogP contribution < -0.4 is 4.90 Å². The van der Waals surface area contributed by atoms with Crippen molar-refractivity contribution in [3.63, 3.8) is 0 Å². The van der Waals surface area contributed by atoms with Gasteiger partial charge < -0.3 is 14.6 Å². The Balaban J connectivity index is 1.52. The predicted molar refractivity (Wildman–Crippen MR) is 127 cm³/mol. The van der Waals surface area contributed by atoms with Gasteiger partial charge in [-0.3, -0.25) is 9.69 Å². The quantitative estimate of drug-likeness (QED) is 0.467. The normalized spacial score (nSPS) is 19.1. The minimum Gasteiger partial charge on any atom is -0.391 e. The number of carbonyl (C=O) groups is 1. The van der Waals surface area contributed by atoms with Crippen molar-refractivity contribution in [2.24, 2.45) is 5.92 Å². The standard InChI is InChI=1S/C25H29F4N5O2/c1-3-33(12-17-4-5-20(21(26)10-17)25(27,28)29)23-19-7-9-34(24(19)31-15-30-23)13-18-6-8-32(11-16(2)35)14-22(18)36/h4-5,7,9-10,15,18,22,36H,3,6,8,11-14H2,1-2H3/t18?,22-/m0/s1. The van der Waals surface area contributed by atoms with Crippen LogP contribution in [0.25, 0.3) is 11.0 Å². The molecule has 7 nitrogen and oxygen atoms in total. The number of Topliss-reactive ketones (excluding diaryl/α,β-unsaturated/α-hetero) is 1. The lowest BCUT2D eigenvalue weighted by molar-refractivity contribution is -0.140. The molecular weight excluding hydrogens is 478 g/mol. The lowest BCUT2D eigenvalue weighted by Crippen LogP contribution is -2.46. The van der Waals surface area contributed by atoms with E-state index in [1.165, 1.54) is 19.3 Å². The van der Waals surface area contributed by atoms with Crippen LogP contribution in [0.1, 0.15) is 31.4 Å². The van der Waals surface area contributed by atoms with Crippen LogP contribution in [0.4, 0.5) is 23.4 Å². The molecule has 1 N–H and O–H groups in total. The van der Waals surface area contributed by atoms with Crippen molar-refractivity contribution in [2.75, 3.05) is 31.1 Å².